The molecule has 1 aromatic rings. The lowest BCUT2D eigenvalue weighted by molar-refractivity contribution is 0.464. The second-order valence-electron chi connectivity index (χ2n) is 4.48. The molecule has 2 heteroatoms. The van der Waals surface area contributed by atoms with E-state index in [0.717, 1.165) is 6.42 Å². The first-order valence-electron chi connectivity index (χ1n) is 5.89. The number of aromatic nitrogens is 1. The molecule has 2 rings (SSSR count). The predicted octanol–water partition coefficient (Wildman–Crippen LogP) is 3.81. The van der Waals surface area contributed by atoms with Crippen molar-refractivity contribution in [3.8, 4) is 0 Å². The number of nitrogens with zero attached hydrogens (tertiary/aromatic N) is 1. The van der Waals surface area contributed by atoms with Crippen LogP contribution in [0.4, 0.5) is 0 Å². The lowest BCUT2D eigenvalue weighted by atomic mass is 9.93. The third-order valence-corrected chi connectivity index (χ3v) is 3.86. The van der Waals surface area contributed by atoms with Crippen LogP contribution in [0.1, 0.15) is 37.7 Å². The Bertz CT molecular complexity index is 286. The van der Waals surface area contributed by atoms with Crippen LogP contribution in [0.5, 0.6) is 0 Å². The molecule has 0 saturated heterocycles. The molecule has 0 amide bonds. The standard InChI is InChI=1S/C13H18ClN/c14-13-7-3-1-2-6-12(13)9-11-5-4-8-15-10-11/h4-5,8,10,12-13H,1-3,6-7,9H2. The highest BCUT2D eigenvalue weighted by Crippen LogP contribution is 2.29. The van der Waals surface area contributed by atoms with E-state index in [4.69, 9.17) is 11.6 Å². The predicted molar refractivity (Wildman–Crippen MR) is 64.2 cm³/mol. The summed E-state index contributed by atoms with van der Waals surface area (Å²) in [4.78, 5) is 4.16. The lowest BCUT2D eigenvalue weighted by Gasteiger charge is -2.19. The Labute approximate surface area is 96.9 Å². The normalized spacial score (nSPS) is 27.3. The van der Waals surface area contributed by atoms with Crippen LogP contribution in [0.3, 0.4) is 0 Å². The van der Waals surface area contributed by atoms with Gasteiger partial charge in [-0.3, -0.25) is 4.98 Å². The van der Waals surface area contributed by atoms with Crippen molar-refractivity contribution in [2.24, 2.45) is 5.92 Å². The highest BCUT2D eigenvalue weighted by molar-refractivity contribution is 6.20. The summed E-state index contributed by atoms with van der Waals surface area (Å²) in [5, 5.41) is 0.368. The Morgan fingerprint density at radius 1 is 1.27 bits per heavy atom. The van der Waals surface area contributed by atoms with Crippen molar-refractivity contribution >= 4 is 11.6 Å². The van der Waals surface area contributed by atoms with Crippen LogP contribution in [0.2, 0.25) is 0 Å². The van der Waals surface area contributed by atoms with E-state index in [1.54, 1.807) is 0 Å². The first-order chi connectivity index (χ1) is 7.36. The summed E-state index contributed by atoms with van der Waals surface area (Å²) in [6.07, 6.45) is 11.4. The molecule has 1 aliphatic rings. The maximum absolute atomic E-state index is 6.42. The summed E-state index contributed by atoms with van der Waals surface area (Å²) in [7, 11) is 0. The van der Waals surface area contributed by atoms with Crippen LogP contribution < -0.4 is 0 Å². The quantitative estimate of drug-likeness (QED) is 0.549. The zero-order valence-corrected chi connectivity index (χ0v) is 9.79. The van der Waals surface area contributed by atoms with Gasteiger partial charge in [-0.2, -0.15) is 0 Å². The summed E-state index contributed by atoms with van der Waals surface area (Å²) in [6, 6.07) is 4.16. The van der Waals surface area contributed by atoms with Crippen molar-refractivity contribution in [3.05, 3.63) is 30.1 Å². The molecule has 1 aromatic heterocycles. The van der Waals surface area contributed by atoms with E-state index in [1.165, 1.54) is 37.7 Å². The molecule has 15 heavy (non-hydrogen) atoms. The first kappa shape index (κ1) is 10.9. The van der Waals surface area contributed by atoms with Gasteiger partial charge in [-0.1, -0.05) is 25.3 Å². The maximum atomic E-state index is 6.42. The van der Waals surface area contributed by atoms with Crippen LogP contribution >= 0.6 is 11.6 Å². The van der Waals surface area contributed by atoms with Gasteiger partial charge in [0.25, 0.3) is 0 Å². The molecule has 1 heterocycles. The van der Waals surface area contributed by atoms with Crippen LogP contribution in [0.25, 0.3) is 0 Å². The SMILES string of the molecule is ClC1CCCCCC1Cc1cccnc1. The number of halogens is 1. The highest BCUT2D eigenvalue weighted by atomic mass is 35.5. The summed E-state index contributed by atoms with van der Waals surface area (Å²) < 4.78 is 0. The molecular weight excluding hydrogens is 206 g/mol. The van der Waals surface area contributed by atoms with Gasteiger partial charge in [0.1, 0.15) is 0 Å². The Morgan fingerprint density at radius 2 is 2.13 bits per heavy atom. The topological polar surface area (TPSA) is 12.9 Å². The molecule has 1 saturated carbocycles. The van der Waals surface area contributed by atoms with Gasteiger partial charge in [0, 0.05) is 17.8 Å². The number of alkyl halides is 1. The Hall–Kier alpha value is -0.560. The molecule has 1 aliphatic carbocycles. The second-order valence-corrected chi connectivity index (χ2v) is 5.04. The minimum absolute atomic E-state index is 0.368. The molecule has 1 nitrogen and oxygen atoms in total. The van der Waals surface area contributed by atoms with Gasteiger partial charge in [0.05, 0.1) is 0 Å². The number of hydrogen-bond acceptors (Lipinski definition) is 1. The van der Waals surface area contributed by atoms with Gasteiger partial charge in [-0.15, -0.1) is 11.6 Å². The Balaban J connectivity index is 1.97. The number of pyridine rings is 1. The van der Waals surface area contributed by atoms with Gasteiger partial charge in [0.2, 0.25) is 0 Å². The van der Waals surface area contributed by atoms with Gasteiger partial charge in [0.15, 0.2) is 0 Å². The fourth-order valence-corrected chi connectivity index (χ4v) is 2.76. The molecule has 2 atom stereocenters. The fraction of sp³-hybridized carbons (Fsp3) is 0.615. The zero-order chi connectivity index (χ0) is 10.5. The molecule has 0 radical (unpaired) electrons. The fourth-order valence-electron chi connectivity index (χ4n) is 2.39. The molecule has 0 bridgehead atoms. The first-order valence-corrected chi connectivity index (χ1v) is 6.33. The van der Waals surface area contributed by atoms with E-state index < -0.39 is 0 Å². The van der Waals surface area contributed by atoms with Crippen molar-refractivity contribution in [2.45, 2.75) is 43.9 Å². The Morgan fingerprint density at radius 3 is 2.93 bits per heavy atom. The summed E-state index contributed by atoms with van der Waals surface area (Å²) in [5.41, 5.74) is 1.33. The molecule has 0 N–H and O–H groups in total. The van der Waals surface area contributed by atoms with Crippen LogP contribution in [0.15, 0.2) is 24.5 Å². The molecule has 82 valence electrons. The summed E-state index contributed by atoms with van der Waals surface area (Å²) in [5.74, 6) is 0.651. The van der Waals surface area contributed by atoms with Crippen molar-refractivity contribution < 1.29 is 0 Å². The van der Waals surface area contributed by atoms with Gasteiger partial charge in [-0.05, 0) is 36.8 Å². The summed E-state index contributed by atoms with van der Waals surface area (Å²) in [6.45, 7) is 0. The Kier molecular flexibility index (Phi) is 4.01. The minimum Gasteiger partial charge on any atom is -0.264 e. The van der Waals surface area contributed by atoms with Gasteiger partial charge in [-0.25, -0.2) is 0 Å². The highest BCUT2D eigenvalue weighted by Gasteiger charge is 2.21. The van der Waals surface area contributed by atoms with E-state index >= 15 is 0 Å². The zero-order valence-electron chi connectivity index (χ0n) is 9.03. The molecule has 0 aliphatic heterocycles. The van der Waals surface area contributed by atoms with E-state index in [1.807, 2.05) is 18.5 Å². The lowest BCUT2D eigenvalue weighted by Crippen LogP contribution is -2.16. The average molecular weight is 224 g/mol. The van der Waals surface area contributed by atoms with Gasteiger partial charge < -0.3 is 0 Å². The van der Waals surface area contributed by atoms with E-state index in [-0.39, 0.29) is 0 Å². The number of hydrogen-bond donors (Lipinski definition) is 0. The van der Waals surface area contributed by atoms with E-state index in [2.05, 4.69) is 11.1 Å². The molecular formula is C13H18ClN. The molecule has 0 aromatic carbocycles. The maximum Gasteiger partial charge on any atom is 0.0367 e. The molecule has 2 unspecified atom stereocenters. The van der Waals surface area contributed by atoms with Crippen LogP contribution in [-0.4, -0.2) is 10.4 Å². The second kappa shape index (κ2) is 5.50. The monoisotopic (exact) mass is 223 g/mol. The molecule has 1 fully saturated rings. The van der Waals surface area contributed by atoms with Crippen molar-refractivity contribution in [3.63, 3.8) is 0 Å². The van der Waals surface area contributed by atoms with E-state index in [0.29, 0.717) is 11.3 Å². The largest absolute Gasteiger partial charge is 0.264 e. The van der Waals surface area contributed by atoms with Crippen LogP contribution in [0, 0.1) is 5.92 Å². The minimum atomic E-state index is 0.368. The van der Waals surface area contributed by atoms with Crippen molar-refractivity contribution in [2.75, 3.05) is 0 Å². The van der Waals surface area contributed by atoms with Crippen molar-refractivity contribution in [1.82, 2.24) is 4.98 Å². The van der Waals surface area contributed by atoms with Crippen LogP contribution in [-0.2, 0) is 6.42 Å². The third-order valence-electron chi connectivity index (χ3n) is 3.29. The van der Waals surface area contributed by atoms with Crippen molar-refractivity contribution in [1.29, 1.82) is 0 Å². The molecule has 0 spiro atoms. The summed E-state index contributed by atoms with van der Waals surface area (Å²) >= 11 is 6.42. The number of rotatable bonds is 2. The third kappa shape index (κ3) is 3.20. The van der Waals surface area contributed by atoms with E-state index in [9.17, 15) is 0 Å². The van der Waals surface area contributed by atoms with Gasteiger partial charge >= 0.3 is 0 Å². The average Bonchev–Trinajstić information content (AvgIpc) is 2.46. The smallest absolute Gasteiger partial charge is 0.0367 e.